The van der Waals surface area contributed by atoms with E-state index in [1.165, 1.54) is 40.3 Å². The minimum Gasteiger partial charge on any atom is -0.345 e. The Labute approximate surface area is 199 Å². The van der Waals surface area contributed by atoms with Crippen molar-refractivity contribution in [1.82, 2.24) is 24.8 Å². The Bertz CT molecular complexity index is 1410. The summed E-state index contributed by atoms with van der Waals surface area (Å²) in [5.41, 5.74) is 1.31. The number of aromatic nitrogens is 3. The summed E-state index contributed by atoms with van der Waals surface area (Å²) in [6.07, 6.45) is 1.73. The first-order valence-corrected chi connectivity index (χ1v) is 12.9. The van der Waals surface area contributed by atoms with Crippen LogP contribution in [0.25, 0.3) is 16.4 Å². The monoisotopic (exact) mass is 497 g/mol. The zero-order valence-corrected chi connectivity index (χ0v) is 19.4. The molecule has 174 valence electrons. The number of nitrogens with one attached hydrogen (secondary N) is 2. The molecule has 0 radical (unpaired) electrons. The highest BCUT2D eigenvalue weighted by atomic mass is 32.2. The van der Waals surface area contributed by atoms with Crippen LogP contribution in [0.15, 0.2) is 70.9 Å². The number of rotatable bonds is 8. The van der Waals surface area contributed by atoms with E-state index in [4.69, 9.17) is 0 Å². The first kappa shape index (κ1) is 22.4. The zero-order valence-electron chi connectivity index (χ0n) is 17.8. The van der Waals surface area contributed by atoms with E-state index in [9.17, 15) is 17.6 Å². The van der Waals surface area contributed by atoms with Crippen molar-refractivity contribution < 1.29 is 17.6 Å². The second kappa shape index (κ2) is 9.09. The van der Waals surface area contributed by atoms with Crippen LogP contribution in [-0.4, -0.2) is 35.1 Å². The lowest BCUT2D eigenvalue weighted by atomic mass is 10.2. The Morgan fingerprint density at radius 2 is 1.82 bits per heavy atom. The maximum Gasteiger partial charge on any atom is 0.291 e. The molecule has 8 nitrogen and oxygen atoms in total. The fourth-order valence-electron chi connectivity index (χ4n) is 3.27. The van der Waals surface area contributed by atoms with Crippen LogP contribution in [-0.2, 0) is 16.6 Å². The average Bonchev–Trinajstić information content (AvgIpc) is 3.28. The zero-order chi connectivity index (χ0) is 23.7. The maximum absolute atomic E-state index is 13.4. The van der Waals surface area contributed by atoms with Gasteiger partial charge in [0.25, 0.3) is 5.91 Å². The Kier molecular flexibility index (Phi) is 5.98. The third-order valence-electron chi connectivity index (χ3n) is 5.21. The number of amides is 1. The van der Waals surface area contributed by atoms with Crippen molar-refractivity contribution in [3.63, 3.8) is 0 Å². The number of carbonyl (C=O) groups excluding carboxylic acids is 1. The summed E-state index contributed by atoms with van der Waals surface area (Å²) in [6, 6.07) is 15.9. The van der Waals surface area contributed by atoms with E-state index in [0.29, 0.717) is 11.5 Å². The summed E-state index contributed by atoms with van der Waals surface area (Å²) in [5.74, 6) is -0.405. The SMILES string of the molecule is O=C(NCc1ccc(S(=O)(=O)NC2CC2)cc1)c1nc(-c2cccs2)n(-c2ccc(F)cc2)n1. The van der Waals surface area contributed by atoms with Gasteiger partial charge in [-0.05, 0) is 66.2 Å². The Balaban J connectivity index is 1.32. The molecule has 1 fully saturated rings. The van der Waals surface area contributed by atoms with Crippen molar-refractivity contribution in [1.29, 1.82) is 0 Å². The van der Waals surface area contributed by atoms with E-state index in [2.05, 4.69) is 20.1 Å². The molecule has 4 aromatic rings. The van der Waals surface area contributed by atoms with Gasteiger partial charge in [0, 0.05) is 12.6 Å². The van der Waals surface area contributed by atoms with E-state index in [0.717, 1.165) is 23.3 Å². The number of halogens is 1. The second-order valence-electron chi connectivity index (χ2n) is 7.85. The van der Waals surface area contributed by atoms with Gasteiger partial charge in [0.05, 0.1) is 15.5 Å². The van der Waals surface area contributed by atoms with Crippen LogP contribution in [0, 0.1) is 5.82 Å². The first-order chi connectivity index (χ1) is 16.4. The number of nitrogens with zero attached hydrogens (tertiary/aromatic N) is 3. The number of hydrogen-bond donors (Lipinski definition) is 2. The van der Waals surface area contributed by atoms with Gasteiger partial charge in [-0.25, -0.2) is 27.2 Å². The molecule has 34 heavy (non-hydrogen) atoms. The topological polar surface area (TPSA) is 106 Å². The van der Waals surface area contributed by atoms with Gasteiger partial charge in [-0.15, -0.1) is 16.4 Å². The molecule has 0 unspecified atom stereocenters. The van der Waals surface area contributed by atoms with E-state index in [-0.39, 0.29) is 29.1 Å². The predicted octanol–water partition coefficient (Wildman–Crippen LogP) is 3.51. The van der Waals surface area contributed by atoms with Crippen LogP contribution < -0.4 is 10.0 Å². The number of thiophene rings is 1. The molecule has 1 amide bonds. The molecule has 1 aliphatic rings. The van der Waals surface area contributed by atoms with E-state index >= 15 is 0 Å². The summed E-state index contributed by atoms with van der Waals surface area (Å²) in [7, 11) is -3.52. The van der Waals surface area contributed by atoms with Gasteiger partial charge in [-0.1, -0.05) is 18.2 Å². The molecular weight excluding hydrogens is 477 g/mol. The standard InChI is InChI=1S/C23H20FN5O3S2/c24-16-5-9-18(10-6-16)29-22(20-2-1-13-33-20)26-21(27-29)23(30)25-14-15-3-11-19(12-4-15)34(31,32)28-17-7-8-17/h1-6,9-13,17,28H,7-8,14H2,(H,25,30). The summed E-state index contributed by atoms with van der Waals surface area (Å²) >= 11 is 1.45. The third kappa shape index (κ3) is 4.91. The molecule has 5 rings (SSSR count). The van der Waals surface area contributed by atoms with Crippen molar-refractivity contribution in [2.24, 2.45) is 0 Å². The lowest BCUT2D eigenvalue weighted by Crippen LogP contribution is -2.26. The Morgan fingerprint density at radius 1 is 1.09 bits per heavy atom. The minimum absolute atomic E-state index is 0.0273. The van der Waals surface area contributed by atoms with Gasteiger partial charge < -0.3 is 5.32 Å². The number of hydrogen-bond acceptors (Lipinski definition) is 6. The second-order valence-corrected chi connectivity index (χ2v) is 10.5. The normalized spacial score (nSPS) is 13.7. The lowest BCUT2D eigenvalue weighted by Gasteiger charge is -2.07. The van der Waals surface area contributed by atoms with Crippen LogP contribution >= 0.6 is 11.3 Å². The molecular formula is C23H20FN5O3S2. The van der Waals surface area contributed by atoms with Gasteiger partial charge in [0.2, 0.25) is 15.8 Å². The summed E-state index contributed by atoms with van der Waals surface area (Å²) < 4.78 is 42.1. The number of sulfonamides is 1. The molecule has 1 saturated carbocycles. The molecule has 2 heterocycles. The van der Waals surface area contributed by atoms with Crippen LogP contribution in [0.2, 0.25) is 0 Å². The highest BCUT2D eigenvalue weighted by molar-refractivity contribution is 7.89. The van der Waals surface area contributed by atoms with Gasteiger partial charge in [-0.3, -0.25) is 4.79 Å². The summed E-state index contributed by atoms with van der Waals surface area (Å²) in [6.45, 7) is 0.175. The molecule has 0 aliphatic heterocycles. The van der Waals surface area contributed by atoms with Crippen LogP contribution in [0.1, 0.15) is 29.0 Å². The molecule has 11 heteroatoms. The minimum atomic E-state index is -3.52. The van der Waals surface area contributed by atoms with E-state index in [1.807, 2.05) is 17.5 Å². The van der Waals surface area contributed by atoms with Gasteiger partial charge in [-0.2, -0.15) is 0 Å². The van der Waals surface area contributed by atoms with E-state index < -0.39 is 15.9 Å². The fraction of sp³-hybridized carbons (Fsp3) is 0.174. The fourth-order valence-corrected chi connectivity index (χ4v) is 5.28. The number of carbonyl (C=O) groups is 1. The molecule has 0 saturated heterocycles. The van der Waals surface area contributed by atoms with Crippen LogP contribution in [0.3, 0.4) is 0 Å². The predicted molar refractivity (Wildman–Crippen MR) is 126 cm³/mol. The lowest BCUT2D eigenvalue weighted by molar-refractivity contribution is 0.0940. The molecule has 2 aromatic carbocycles. The van der Waals surface area contributed by atoms with Crippen molar-refractivity contribution in [3.8, 4) is 16.4 Å². The summed E-state index contributed by atoms with van der Waals surface area (Å²) in [5, 5.41) is 9.00. The molecule has 1 aliphatic carbocycles. The van der Waals surface area contributed by atoms with Gasteiger partial charge in [0.15, 0.2) is 5.82 Å². The van der Waals surface area contributed by atoms with Crippen molar-refractivity contribution in [2.75, 3.05) is 0 Å². The average molecular weight is 498 g/mol. The highest BCUT2D eigenvalue weighted by Crippen LogP contribution is 2.26. The molecule has 2 aromatic heterocycles. The quantitative estimate of drug-likeness (QED) is 0.388. The largest absolute Gasteiger partial charge is 0.345 e. The van der Waals surface area contributed by atoms with Crippen molar-refractivity contribution >= 4 is 27.3 Å². The van der Waals surface area contributed by atoms with Gasteiger partial charge in [0.1, 0.15) is 5.82 Å². The smallest absolute Gasteiger partial charge is 0.291 e. The molecule has 0 atom stereocenters. The first-order valence-electron chi connectivity index (χ1n) is 10.6. The number of benzene rings is 2. The summed E-state index contributed by atoms with van der Waals surface area (Å²) in [4.78, 5) is 18.2. The third-order valence-corrected chi connectivity index (χ3v) is 7.61. The molecule has 2 N–H and O–H groups in total. The van der Waals surface area contributed by atoms with Crippen molar-refractivity contribution in [3.05, 3.63) is 83.2 Å². The molecule has 0 bridgehead atoms. The maximum atomic E-state index is 13.4. The Morgan fingerprint density at radius 3 is 2.47 bits per heavy atom. The van der Waals surface area contributed by atoms with Gasteiger partial charge >= 0.3 is 0 Å². The van der Waals surface area contributed by atoms with Crippen molar-refractivity contribution in [2.45, 2.75) is 30.3 Å². The highest BCUT2D eigenvalue weighted by Gasteiger charge is 2.28. The van der Waals surface area contributed by atoms with E-state index in [1.54, 1.807) is 24.3 Å². The molecule has 0 spiro atoms. The van der Waals surface area contributed by atoms with Crippen LogP contribution in [0.5, 0.6) is 0 Å². The Hall–Kier alpha value is -3.41. The van der Waals surface area contributed by atoms with Crippen LogP contribution in [0.4, 0.5) is 4.39 Å².